The van der Waals surface area contributed by atoms with E-state index in [2.05, 4.69) is 0 Å². The van der Waals surface area contributed by atoms with E-state index >= 15 is 0 Å². The van der Waals surface area contributed by atoms with E-state index in [4.69, 9.17) is 9.05 Å². The SMILES string of the molecule is CCOP(=O)(Cc1cc(C)c(O)c(C)c1)OC. The van der Waals surface area contributed by atoms with Crippen molar-refractivity contribution in [1.82, 2.24) is 0 Å². The van der Waals surface area contributed by atoms with E-state index in [1.807, 2.05) is 13.8 Å². The zero-order valence-corrected chi connectivity index (χ0v) is 11.6. The van der Waals surface area contributed by atoms with Crippen LogP contribution in [0, 0.1) is 13.8 Å². The van der Waals surface area contributed by atoms with Gasteiger partial charge in [-0.3, -0.25) is 4.57 Å². The largest absolute Gasteiger partial charge is 0.507 e. The van der Waals surface area contributed by atoms with Crippen molar-refractivity contribution in [2.45, 2.75) is 26.9 Å². The van der Waals surface area contributed by atoms with Gasteiger partial charge in [-0.1, -0.05) is 12.1 Å². The molecule has 0 aliphatic carbocycles. The molecule has 0 spiro atoms. The summed E-state index contributed by atoms with van der Waals surface area (Å²) < 4.78 is 22.3. The summed E-state index contributed by atoms with van der Waals surface area (Å²) in [5.74, 6) is 0.275. The Labute approximate surface area is 102 Å². The zero-order chi connectivity index (χ0) is 13.1. The highest BCUT2D eigenvalue weighted by molar-refractivity contribution is 7.53. The number of hydrogen-bond donors (Lipinski definition) is 1. The third kappa shape index (κ3) is 3.56. The highest BCUT2D eigenvalue weighted by atomic mass is 31.2. The molecule has 1 aromatic rings. The summed E-state index contributed by atoms with van der Waals surface area (Å²) in [5, 5.41) is 9.66. The maximum absolute atomic E-state index is 12.2. The molecular weight excluding hydrogens is 239 g/mol. The molecule has 1 unspecified atom stereocenters. The second-order valence-electron chi connectivity index (χ2n) is 3.95. The Kier molecular flexibility index (Phi) is 4.75. The first-order chi connectivity index (χ1) is 7.91. The van der Waals surface area contributed by atoms with Crippen LogP contribution >= 0.6 is 7.60 Å². The molecule has 0 aliphatic rings. The number of rotatable bonds is 5. The summed E-state index contributed by atoms with van der Waals surface area (Å²) in [6.45, 7) is 5.74. The monoisotopic (exact) mass is 258 g/mol. The van der Waals surface area contributed by atoms with Gasteiger partial charge in [-0.25, -0.2) is 0 Å². The smallest absolute Gasteiger partial charge is 0.334 e. The molecular formula is C12H19O4P. The molecule has 1 rings (SSSR count). The summed E-state index contributed by atoms with van der Waals surface area (Å²) in [7, 11) is -1.67. The molecule has 0 aliphatic heterocycles. The van der Waals surface area contributed by atoms with E-state index in [1.54, 1.807) is 19.1 Å². The van der Waals surface area contributed by atoms with Crippen molar-refractivity contribution in [2.75, 3.05) is 13.7 Å². The molecule has 1 N–H and O–H groups in total. The summed E-state index contributed by atoms with van der Waals surface area (Å²) >= 11 is 0. The molecule has 1 aromatic carbocycles. The van der Waals surface area contributed by atoms with Gasteiger partial charge in [-0.2, -0.15) is 0 Å². The van der Waals surface area contributed by atoms with Crippen LogP contribution in [-0.4, -0.2) is 18.8 Å². The maximum Gasteiger partial charge on any atom is 0.334 e. The molecule has 4 nitrogen and oxygen atoms in total. The van der Waals surface area contributed by atoms with Gasteiger partial charge in [0.05, 0.1) is 12.8 Å². The van der Waals surface area contributed by atoms with E-state index in [0.717, 1.165) is 16.7 Å². The van der Waals surface area contributed by atoms with E-state index in [1.165, 1.54) is 7.11 Å². The van der Waals surface area contributed by atoms with Gasteiger partial charge < -0.3 is 14.2 Å². The van der Waals surface area contributed by atoms with Crippen LogP contribution < -0.4 is 0 Å². The lowest BCUT2D eigenvalue weighted by molar-refractivity contribution is 0.243. The summed E-state index contributed by atoms with van der Waals surface area (Å²) in [4.78, 5) is 0. The predicted molar refractivity (Wildman–Crippen MR) is 67.5 cm³/mol. The quantitative estimate of drug-likeness (QED) is 0.822. The van der Waals surface area contributed by atoms with Crippen molar-refractivity contribution < 1.29 is 18.7 Å². The number of phenolic OH excluding ortho intramolecular Hbond substituents is 1. The van der Waals surface area contributed by atoms with Crippen LogP contribution in [0.25, 0.3) is 0 Å². The van der Waals surface area contributed by atoms with Crippen molar-refractivity contribution in [3.8, 4) is 5.75 Å². The fourth-order valence-electron chi connectivity index (χ4n) is 1.72. The van der Waals surface area contributed by atoms with Crippen molar-refractivity contribution >= 4 is 7.60 Å². The third-order valence-electron chi connectivity index (χ3n) is 2.53. The molecule has 0 amide bonds. The Morgan fingerprint density at radius 2 is 1.82 bits per heavy atom. The van der Waals surface area contributed by atoms with Gasteiger partial charge in [-0.15, -0.1) is 0 Å². The van der Waals surface area contributed by atoms with Crippen molar-refractivity contribution in [2.24, 2.45) is 0 Å². The van der Waals surface area contributed by atoms with Crippen molar-refractivity contribution in [3.05, 3.63) is 28.8 Å². The lowest BCUT2D eigenvalue weighted by Gasteiger charge is -2.16. The lowest BCUT2D eigenvalue weighted by atomic mass is 10.1. The molecule has 0 heterocycles. The fraction of sp³-hybridized carbons (Fsp3) is 0.500. The number of benzene rings is 1. The molecule has 5 heteroatoms. The van der Waals surface area contributed by atoms with Gasteiger partial charge >= 0.3 is 7.60 Å². The number of aromatic hydroxyl groups is 1. The molecule has 1 atom stereocenters. The van der Waals surface area contributed by atoms with Crippen LogP contribution in [0.15, 0.2) is 12.1 Å². The van der Waals surface area contributed by atoms with Crippen LogP contribution in [-0.2, 0) is 19.8 Å². The van der Waals surface area contributed by atoms with Crippen LogP contribution in [0.5, 0.6) is 5.75 Å². The second-order valence-corrected chi connectivity index (χ2v) is 6.11. The molecule has 0 fully saturated rings. The molecule has 0 radical (unpaired) electrons. The maximum atomic E-state index is 12.2. The van der Waals surface area contributed by atoms with Gasteiger partial charge in [0.15, 0.2) is 0 Å². The average molecular weight is 258 g/mol. The zero-order valence-electron chi connectivity index (χ0n) is 10.7. The Morgan fingerprint density at radius 1 is 1.29 bits per heavy atom. The summed E-state index contributed by atoms with van der Waals surface area (Å²) in [6.07, 6.45) is 0.222. The fourth-order valence-corrected chi connectivity index (χ4v) is 3.07. The summed E-state index contributed by atoms with van der Waals surface area (Å²) in [5.41, 5.74) is 2.37. The number of phenols is 1. The van der Waals surface area contributed by atoms with Crippen LogP contribution in [0.2, 0.25) is 0 Å². The molecule has 0 bridgehead atoms. The first-order valence-corrected chi connectivity index (χ1v) is 7.23. The minimum absolute atomic E-state index is 0.222. The molecule has 96 valence electrons. The Balaban J connectivity index is 2.99. The predicted octanol–water partition coefficient (Wildman–Crippen LogP) is 3.39. The highest BCUT2D eigenvalue weighted by Crippen LogP contribution is 2.50. The lowest BCUT2D eigenvalue weighted by Crippen LogP contribution is -1.97. The topological polar surface area (TPSA) is 55.8 Å². The summed E-state index contributed by atoms with van der Waals surface area (Å²) in [6, 6.07) is 3.60. The third-order valence-corrected chi connectivity index (χ3v) is 4.49. The number of aryl methyl sites for hydroxylation is 2. The normalized spacial score (nSPS) is 14.6. The Hall–Kier alpha value is -0.830. The van der Waals surface area contributed by atoms with E-state index in [0.29, 0.717) is 6.61 Å². The van der Waals surface area contributed by atoms with Gasteiger partial charge in [0, 0.05) is 7.11 Å². The van der Waals surface area contributed by atoms with Crippen LogP contribution in [0.1, 0.15) is 23.6 Å². The van der Waals surface area contributed by atoms with Crippen molar-refractivity contribution in [3.63, 3.8) is 0 Å². The van der Waals surface area contributed by atoms with E-state index < -0.39 is 7.60 Å². The van der Waals surface area contributed by atoms with Gasteiger partial charge in [0.2, 0.25) is 0 Å². The Morgan fingerprint density at radius 3 is 2.24 bits per heavy atom. The standard InChI is InChI=1S/C12H19O4P/c1-5-16-17(14,15-4)8-11-6-9(2)12(13)10(3)7-11/h6-7,13H,5,8H2,1-4H3. The first kappa shape index (κ1) is 14.2. The molecule has 0 saturated carbocycles. The minimum Gasteiger partial charge on any atom is -0.507 e. The molecule has 17 heavy (non-hydrogen) atoms. The van der Waals surface area contributed by atoms with E-state index in [9.17, 15) is 9.67 Å². The van der Waals surface area contributed by atoms with Gasteiger partial charge in [0.1, 0.15) is 5.75 Å². The Bertz CT molecular complexity index is 419. The first-order valence-electron chi connectivity index (χ1n) is 5.50. The second kappa shape index (κ2) is 5.67. The van der Waals surface area contributed by atoms with Gasteiger partial charge in [0.25, 0.3) is 0 Å². The van der Waals surface area contributed by atoms with Crippen LogP contribution in [0.3, 0.4) is 0 Å². The molecule has 0 aromatic heterocycles. The average Bonchev–Trinajstić information content (AvgIpc) is 2.26. The number of hydrogen-bond acceptors (Lipinski definition) is 4. The molecule has 0 saturated heterocycles. The minimum atomic E-state index is -3.06. The highest BCUT2D eigenvalue weighted by Gasteiger charge is 2.23. The van der Waals surface area contributed by atoms with E-state index in [-0.39, 0.29) is 11.9 Å². The van der Waals surface area contributed by atoms with Crippen molar-refractivity contribution in [1.29, 1.82) is 0 Å². The van der Waals surface area contributed by atoms with Crippen LogP contribution in [0.4, 0.5) is 0 Å². The van der Waals surface area contributed by atoms with Gasteiger partial charge in [-0.05, 0) is 37.5 Å².